The predicted molar refractivity (Wildman–Crippen MR) is 86.6 cm³/mol. The van der Waals surface area contributed by atoms with Crippen LogP contribution in [0.3, 0.4) is 0 Å². The van der Waals surface area contributed by atoms with Crippen LogP contribution < -0.4 is 9.46 Å². The number of benzene rings is 2. The number of ether oxygens (including phenoxy) is 1. The number of hydrogen-bond donors (Lipinski definition) is 1. The van der Waals surface area contributed by atoms with Crippen molar-refractivity contribution in [3.05, 3.63) is 57.1 Å². The predicted octanol–water partition coefficient (Wildman–Crippen LogP) is 3.37. The number of nitro groups is 1. The highest BCUT2D eigenvalue weighted by molar-refractivity contribution is 7.92. The minimum Gasteiger partial charge on any atom is -0.495 e. The fourth-order valence-corrected chi connectivity index (χ4v) is 3.55. The van der Waals surface area contributed by atoms with Crippen LogP contribution in [0.1, 0.15) is 5.56 Å². The van der Waals surface area contributed by atoms with Crippen LogP contribution in [0.25, 0.3) is 0 Å². The molecule has 122 valence electrons. The topological polar surface area (TPSA) is 98.5 Å². The number of methoxy groups -OCH3 is 1. The number of nitrogens with one attached hydrogen (secondary N) is 1. The molecule has 2 rings (SSSR count). The van der Waals surface area contributed by atoms with E-state index >= 15 is 0 Å². The smallest absolute Gasteiger partial charge is 0.274 e. The molecule has 0 amide bonds. The molecule has 0 aromatic heterocycles. The van der Waals surface area contributed by atoms with Gasteiger partial charge in [0.2, 0.25) is 0 Å². The largest absolute Gasteiger partial charge is 0.495 e. The third-order valence-electron chi connectivity index (χ3n) is 3.16. The number of halogens is 1. The fourth-order valence-electron chi connectivity index (χ4n) is 1.99. The van der Waals surface area contributed by atoms with Gasteiger partial charge in [0, 0.05) is 11.1 Å². The number of rotatable bonds is 5. The Hall–Kier alpha value is -2.32. The Labute approximate surface area is 138 Å². The van der Waals surface area contributed by atoms with Crippen LogP contribution in [0.2, 0.25) is 5.02 Å². The van der Waals surface area contributed by atoms with E-state index in [4.69, 9.17) is 16.3 Å². The number of nitrogens with zero attached hydrogens (tertiary/aromatic N) is 1. The Kier molecular flexibility index (Phi) is 4.76. The lowest BCUT2D eigenvalue weighted by molar-refractivity contribution is -0.385. The Bertz CT molecular complexity index is 867. The summed E-state index contributed by atoms with van der Waals surface area (Å²) in [6.07, 6.45) is 0. The first-order valence-corrected chi connectivity index (χ1v) is 8.22. The first-order chi connectivity index (χ1) is 10.8. The second-order valence-corrected chi connectivity index (χ2v) is 6.69. The fraction of sp³-hybridized carbons (Fsp3) is 0.143. The first kappa shape index (κ1) is 17.0. The van der Waals surface area contributed by atoms with Gasteiger partial charge < -0.3 is 4.74 Å². The zero-order chi connectivity index (χ0) is 17.2. The van der Waals surface area contributed by atoms with Crippen molar-refractivity contribution in [3.8, 4) is 5.75 Å². The SMILES string of the molecule is COc1ccc(Cl)cc1S(=O)(=O)Nc1cccc([N+](=O)[O-])c1C. The molecule has 9 heteroatoms. The van der Waals surface area contributed by atoms with Gasteiger partial charge in [-0.1, -0.05) is 17.7 Å². The minimum absolute atomic E-state index is 0.112. The normalized spacial score (nSPS) is 11.1. The summed E-state index contributed by atoms with van der Waals surface area (Å²) in [7, 11) is -2.69. The molecule has 0 bridgehead atoms. The van der Waals surface area contributed by atoms with E-state index in [2.05, 4.69) is 4.72 Å². The van der Waals surface area contributed by atoms with Gasteiger partial charge >= 0.3 is 0 Å². The molecule has 0 atom stereocenters. The summed E-state index contributed by atoms with van der Waals surface area (Å²) < 4.78 is 32.5. The Morgan fingerprint density at radius 1 is 1.26 bits per heavy atom. The van der Waals surface area contributed by atoms with Crippen molar-refractivity contribution in [2.75, 3.05) is 11.8 Å². The Morgan fingerprint density at radius 3 is 2.57 bits per heavy atom. The van der Waals surface area contributed by atoms with Crippen LogP contribution in [0.4, 0.5) is 11.4 Å². The zero-order valence-electron chi connectivity index (χ0n) is 12.2. The molecule has 0 heterocycles. The molecule has 0 spiro atoms. The third-order valence-corrected chi connectivity index (χ3v) is 4.78. The molecule has 0 fully saturated rings. The lowest BCUT2D eigenvalue weighted by atomic mass is 10.2. The highest BCUT2D eigenvalue weighted by atomic mass is 35.5. The lowest BCUT2D eigenvalue weighted by Crippen LogP contribution is -2.15. The number of anilines is 1. The highest BCUT2D eigenvalue weighted by Crippen LogP contribution is 2.31. The zero-order valence-corrected chi connectivity index (χ0v) is 13.8. The minimum atomic E-state index is -4.03. The van der Waals surface area contributed by atoms with E-state index in [0.29, 0.717) is 0 Å². The first-order valence-electron chi connectivity index (χ1n) is 6.36. The molecule has 23 heavy (non-hydrogen) atoms. The quantitative estimate of drug-likeness (QED) is 0.654. The van der Waals surface area contributed by atoms with E-state index in [-0.39, 0.29) is 32.6 Å². The van der Waals surface area contributed by atoms with Gasteiger partial charge in [0.1, 0.15) is 10.6 Å². The van der Waals surface area contributed by atoms with E-state index in [0.717, 1.165) is 0 Å². The van der Waals surface area contributed by atoms with Crippen LogP contribution >= 0.6 is 11.6 Å². The average molecular weight is 357 g/mol. The van der Waals surface area contributed by atoms with Gasteiger partial charge in [0.05, 0.1) is 23.3 Å². The van der Waals surface area contributed by atoms with Crippen LogP contribution in [-0.4, -0.2) is 20.5 Å². The second-order valence-electron chi connectivity index (χ2n) is 4.61. The lowest BCUT2D eigenvalue weighted by Gasteiger charge is -2.13. The molecule has 2 aromatic carbocycles. The molecule has 1 N–H and O–H groups in total. The van der Waals surface area contributed by atoms with Crippen molar-refractivity contribution in [1.29, 1.82) is 0 Å². The van der Waals surface area contributed by atoms with Crippen molar-refractivity contribution in [3.63, 3.8) is 0 Å². The van der Waals surface area contributed by atoms with Crippen molar-refractivity contribution in [2.45, 2.75) is 11.8 Å². The van der Waals surface area contributed by atoms with Gasteiger partial charge in [0.15, 0.2) is 0 Å². The monoisotopic (exact) mass is 356 g/mol. The summed E-state index contributed by atoms with van der Waals surface area (Å²) in [5, 5.41) is 11.2. The maximum absolute atomic E-state index is 12.5. The van der Waals surface area contributed by atoms with Gasteiger partial charge in [-0.3, -0.25) is 14.8 Å². The summed E-state index contributed by atoms with van der Waals surface area (Å²) >= 11 is 5.84. The van der Waals surface area contributed by atoms with Crippen molar-refractivity contribution < 1.29 is 18.1 Å². The summed E-state index contributed by atoms with van der Waals surface area (Å²) in [5.74, 6) is 0.116. The Balaban J connectivity index is 2.50. The standard InChI is InChI=1S/C14H13ClN2O5S/c1-9-11(4-3-5-12(9)17(18)19)16-23(20,21)14-8-10(15)6-7-13(14)22-2/h3-8,16H,1-2H3. The third kappa shape index (κ3) is 3.54. The Morgan fingerprint density at radius 2 is 1.96 bits per heavy atom. The van der Waals surface area contributed by atoms with E-state index in [1.54, 1.807) is 0 Å². The molecule has 2 aromatic rings. The van der Waals surface area contributed by atoms with E-state index in [9.17, 15) is 18.5 Å². The maximum Gasteiger partial charge on any atom is 0.274 e. The molecular weight excluding hydrogens is 344 g/mol. The molecule has 0 saturated heterocycles. The molecule has 0 aliphatic carbocycles. The second kappa shape index (κ2) is 6.43. The average Bonchev–Trinajstić information content (AvgIpc) is 2.49. The molecular formula is C14H13ClN2O5S. The summed E-state index contributed by atoms with van der Waals surface area (Å²) in [4.78, 5) is 10.2. The van der Waals surface area contributed by atoms with Crippen LogP contribution in [0, 0.1) is 17.0 Å². The summed E-state index contributed by atoms with van der Waals surface area (Å²) in [6, 6.07) is 8.31. The van der Waals surface area contributed by atoms with Crippen molar-refractivity contribution in [1.82, 2.24) is 0 Å². The van der Waals surface area contributed by atoms with Gasteiger partial charge in [-0.05, 0) is 31.2 Å². The molecule has 0 unspecified atom stereocenters. The van der Waals surface area contributed by atoms with E-state index in [1.807, 2.05) is 0 Å². The summed E-state index contributed by atoms with van der Waals surface area (Å²) in [6.45, 7) is 1.46. The molecule has 7 nitrogen and oxygen atoms in total. The van der Waals surface area contributed by atoms with Gasteiger partial charge in [0.25, 0.3) is 15.7 Å². The molecule has 0 saturated carbocycles. The van der Waals surface area contributed by atoms with Crippen molar-refractivity contribution >= 4 is 33.0 Å². The van der Waals surface area contributed by atoms with Crippen LogP contribution in [-0.2, 0) is 10.0 Å². The van der Waals surface area contributed by atoms with Crippen LogP contribution in [0.5, 0.6) is 5.75 Å². The molecule has 0 aliphatic rings. The number of sulfonamides is 1. The van der Waals surface area contributed by atoms with Crippen LogP contribution in [0.15, 0.2) is 41.3 Å². The highest BCUT2D eigenvalue weighted by Gasteiger charge is 2.23. The van der Waals surface area contributed by atoms with E-state index < -0.39 is 14.9 Å². The molecule has 0 aliphatic heterocycles. The van der Waals surface area contributed by atoms with Gasteiger partial charge in [-0.25, -0.2) is 8.42 Å². The number of hydrogen-bond acceptors (Lipinski definition) is 5. The maximum atomic E-state index is 12.5. The van der Waals surface area contributed by atoms with Crippen molar-refractivity contribution in [2.24, 2.45) is 0 Å². The van der Waals surface area contributed by atoms with Gasteiger partial charge in [-0.15, -0.1) is 0 Å². The van der Waals surface area contributed by atoms with E-state index in [1.165, 1.54) is 50.4 Å². The summed E-state index contributed by atoms with van der Waals surface area (Å²) in [5.41, 5.74) is 0.145. The van der Waals surface area contributed by atoms with Gasteiger partial charge in [-0.2, -0.15) is 0 Å². The molecule has 0 radical (unpaired) electrons. The number of nitro benzene ring substituents is 1.